The van der Waals surface area contributed by atoms with Crippen LogP contribution in [0.4, 0.5) is 5.82 Å². The summed E-state index contributed by atoms with van der Waals surface area (Å²) >= 11 is 0. The van der Waals surface area contributed by atoms with Crippen molar-refractivity contribution in [3.63, 3.8) is 0 Å². The molecule has 1 fully saturated rings. The summed E-state index contributed by atoms with van der Waals surface area (Å²) in [5.41, 5.74) is 4.34. The Bertz CT molecular complexity index is 431. The Balaban J connectivity index is 2.06. The van der Waals surface area contributed by atoms with E-state index in [4.69, 9.17) is 4.74 Å². The average Bonchev–Trinajstić information content (AvgIpc) is 2.39. The topological polar surface area (TPSA) is 63.7 Å². The quantitative estimate of drug-likeness (QED) is 0.803. The summed E-state index contributed by atoms with van der Waals surface area (Å²) in [7, 11) is 1.36. The first kappa shape index (κ1) is 12.8. The third-order valence-electron chi connectivity index (χ3n) is 2.77. The van der Waals surface area contributed by atoms with Crippen LogP contribution in [-0.4, -0.2) is 49.4 Å². The van der Waals surface area contributed by atoms with Crippen LogP contribution in [-0.2, 0) is 9.47 Å². The van der Waals surface area contributed by atoms with Crippen LogP contribution in [0.3, 0.4) is 0 Å². The van der Waals surface area contributed by atoms with Crippen molar-refractivity contribution < 1.29 is 14.3 Å². The van der Waals surface area contributed by atoms with Gasteiger partial charge in [-0.15, -0.1) is 0 Å². The van der Waals surface area contributed by atoms with E-state index >= 15 is 0 Å². The van der Waals surface area contributed by atoms with Gasteiger partial charge in [-0.3, -0.25) is 0 Å². The molecule has 18 heavy (non-hydrogen) atoms. The summed E-state index contributed by atoms with van der Waals surface area (Å²) in [6, 6.07) is 3.49. The molecule has 2 heterocycles. The average molecular weight is 251 g/mol. The minimum absolute atomic E-state index is 0.363. The molecular formula is C12H17N3O3. The molecule has 0 radical (unpaired) electrons. The van der Waals surface area contributed by atoms with Gasteiger partial charge in [0.1, 0.15) is 5.82 Å². The van der Waals surface area contributed by atoms with E-state index in [1.54, 1.807) is 19.1 Å². The van der Waals surface area contributed by atoms with Crippen LogP contribution < -0.4 is 5.43 Å². The van der Waals surface area contributed by atoms with E-state index in [9.17, 15) is 4.79 Å². The molecule has 0 aliphatic carbocycles. The van der Waals surface area contributed by atoms with E-state index in [2.05, 4.69) is 15.1 Å². The van der Waals surface area contributed by atoms with Gasteiger partial charge in [0.2, 0.25) is 0 Å². The van der Waals surface area contributed by atoms with Gasteiger partial charge in [0.05, 0.1) is 31.6 Å². The van der Waals surface area contributed by atoms with Gasteiger partial charge in [-0.05, 0) is 19.1 Å². The van der Waals surface area contributed by atoms with Crippen molar-refractivity contribution in [2.75, 3.05) is 38.8 Å². The smallest absolute Gasteiger partial charge is 0.339 e. The number of methoxy groups -OCH3 is 1. The van der Waals surface area contributed by atoms with Gasteiger partial charge in [0.15, 0.2) is 0 Å². The van der Waals surface area contributed by atoms with Crippen molar-refractivity contribution in [3.8, 4) is 0 Å². The SMILES string of the molecule is COC(=O)c1ccc(NN2CCOCC2)nc1C. The third-order valence-corrected chi connectivity index (χ3v) is 2.77. The molecule has 0 saturated carbocycles. The Kier molecular flexibility index (Phi) is 4.11. The number of hydrazine groups is 1. The van der Waals surface area contributed by atoms with E-state index in [1.807, 2.05) is 5.01 Å². The highest BCUT2D eigenvalue weighted by atomic mass is 16.5. The molecule has 6 nitrogen and oxygen atoms in total. The molecule has 0 bridgehead atoms. The number of carbonyl (C=O) groups excluding carboxylic acids is 1. The summed E-state index contributed by atoms with van der Waals surface area (Å²) in [6.07, 6.45) is 0. The Labute approximate surface area is 106 Å². The van der Waals surface area contributed by atoms with Gasteiger partial charge < -0.3 is 14.9 Å². The molecule has 1 saturated heterocycles. The fraction of sp³-hybridized carbons (Fsp3) is 0.500. The number of anilines is 1. The summed E-state index contributed by atoms with van der Waals surface area (Å²) in [4.78, 5) is 15.8. The molecule has 0 amide bonds. The predicted molar refractivity (Wildman–Crippen MR) is 66.3 cm³/mol. The van der Waals surface area contributed by atoms with E-state index in [-0.39, 0.29) is 5.97 Å². The summed E-state index contributed by atoms with van der Waals surface area (Å²) in [6.45, 7) is 4.86. The van der Waals surface area contributed by atoms with Crippen molar-refractivity contribution in [1.29, 1.82) is 0 Å². The van der Waals surface area contributed by atoms with Crippen molar-refractivity contribution in [2.45, 2.75) is 6.92 Å². The van der Waals surface area contributed by atoms with Crippen LogP contribution in [0.15, 0.2) is 12.1 Å². The van der Waals surface area contributed by atoms with Crippen molar-refractivity contribution in [3.05, 3.63) is 23.4 Å². The lowest BCUT2D eigenvalue weighted by Crippen LogP contribution is -2.40. The van der Waals surface area contributed by atoms with Gasteiger partial charge in [-0.25, -0.2) is 14.8 Å². The number of morpholine rings is 1. The van der Waals surface area contributed by atoms with Crippen LogP contribution in [0, 0.1) is 6.92 Å². The van der Waals surface area contributed by atoms with Gasteiger partial charge in [-0.2, -0.15) is 0 Å². The van der Waals surface area contributed by atoms with Crippen molar-refractivity contribution in [2.24, 2.45) is 0 Å². The molecule has 0 unspecified atom stereocenters. The Hall–Kier alpha value is -1.66. The molecule has 0 spiro atoms. The van der Waals surface area contributed by atoms with Gasteiger partial charge >= 0.3 is 5.97 Å². The molecular weight excluding hydrogens is 234 g/mol. The van der Waals surface area contributed by atoms with Crippen LogP contribution >= 0.6 is 0 Å². The van der Waals surface area contributed by atoms with Crippen LogP contribution in [0.5, 0.6) is 0 Å². The zero-order chi connectivity index (χ0) is 13.0. The molecule has 1 aliphatic heterocycles. The number of aromatic nitrogens is 1. The third kappa shape index (κ3) is 2.96. The summed E-state index contributed by atoms with van der Waals surface area (Å²) < 4.78 is 9.94. The number of aryl methyl sites for hydroxylation is 1. The molecule has 1 aromatic rings. The first-order valence-electron chi connectivity index (χ1n) is 5.86. The number of carbonyl (C=O) groups is 1. The van der Waals surface area contributed by atoms with Crippen LogP contribution in [0.1, 0.15) is 16.1 Å². The molecule has 1 N–H and O–H groups in total. The number of ether oxygens (including phenoxy) is 2. The van der Waals surface area contributed by atoms with E-state index in [1.165, 1.54) is 7.11 Å². The number of pyridine rings is 1. The molecule has 2 rings (SSSR count). The second-order valence-electron chi connectivity index (χ2n) is 4.03. The zero-order valence-corrected chi connectivity index (χ0v) is 10.6. The number of hydrogen-bond acceptors (Lipinski definition) is 6. The van der Waals surface area contributed by atoms with Crippen LogP contribution in [0.25, 0.3) is 0 Å². The van der Waals surface area contributed by atoms with Gasteiger partial charge in [-0.1, -0.05) is 0 Å². The highest BCUT2D eigenvalue weighted by Crippen LogP contribution is 2.12. The predicted octanol–water partition coefficient (Wildman–Crippen LogP) is 0.836. The first-order chi connectivity index (χ1) is 8.70. The lowest BCUT2D eigenvalue weighted by Gasteiger charge is -2.27. The Morgan fingerprint density at radius 3 is 2.78 bits per heavy atom. The fourth-order valence-corrected chi connectivity index (χ4v) is 1.79. The lowest BCUT2D eigenvalue weighted by atomic mass is 10.2. The Morgan fingerprint density at radius 1 is 1.44 bits per heavy atom. The summed E-state index contributed by atoms with van der Waals surface area (Å²) in [5, 5.41) is 2.04. The number of hydrogen-bond donors (Lipinski definition) is 1. The normalized spacial score (nSPS) is 16.3. The lowest BCUT2D eigenvalue weighted by molar-refractivity contribution is 0.0495. The van der Waals surface area contributed by atoms with Crippen molar-refractivity contribution >= 4 is 11.8 Å². The molecule has 1 aromatic heterocycles. The maximum atomic E-state index is 11.4. The summed E-state index contributed by atoms with van der Waals surface area (Å²) in [5.74, 6) is 0.361. The van der Waals surface area contributed by atoms with E-state index in [0.29, 0.717) is 24.5 Å². The number of nitrogens with one attached hydrogen (secondary N) is 1. The second kappa shape index (κ2) is 5.79. The van der Waals surface area contributed by atoms with E-state index in [0.717, 1.165) is 18.9 Å². The molecule has 0 aromatic carbocycles. The highest BCUT2D eigenvalue weighted by Gasteiger charge is 2.13. The van der Waals surface area contributed by atoms with Crippen molar-refractivity contribution in [1.82, 2.24) is 9.99 Å². The second-order valence-corrected chi connectivity index (χ2v) is 4.03. The standard InChI is InChI=1S/C12H17N3O3/c1-9-10(12(16)17-2)3-4-11(13-9)14-15-5-7-18-8-6-15/h3-4H,5-8H2,1-2H3,(H,13,14). The largest absolute Gasteiger partial charge is 0.465 e. The minimum Gasteiger partial charge on any atom is -0.465 e. The molecule has 98 valence electrons. The van der Waals surface area contributed by atoms with E-state index < -0.39 is 0 Å². The minimum atomic E-state index is -0.363. The number of nitrogens with zero attached hydrogens (tertiary/aromatic N) is 2. The monoisotopic (exact) mass is 251 g/mol. The fourth-order valence-electron chi connectivity index (χ4n) is 1.79. The first-order valence-corrected chi connectivity index (χ1v) is 5.86. The maximum absolute atomic E-state index is 11.4. The Morgan fingerprint density at radius 2 is 2.17 bits per heavy atom. The number of esters is 1. The zero-order valence-electron chi connectivity index (χ0n) is 10.6. The van der Waals surface area contributed by atoms with Gasteiger partial charge in [0.25, 0.3) is 0 Å². The molecule has 1 aliphatic rings. The highest BCUT2D eigenvalue weighted by molar-refractivity contribution is 5.90. The van der Waals surface area contributed by atoms with Crippen LogP contribution in [0.2, 0.25) is 0 Å². The molecule has 0 atom stereocenters. The maximum Gasteiger partial charge on any atom is 0.339 e. The van der Waals surface area contributed by atoms with Gasteiger partial charge in [0, 0.05) is 13.1 Å². The molecule has 6 heteroatoms. The number of rotatable bonds is 3.